The molecule has 0 bridgehead atoms. The first-order chi connectivity index (χ1) is 17.4. The van der Waals surface area contributed by atoms with E-state index < -0.39 is 12.2 Å². The number of aliphatic hydroxyl groups is 2. The first-order valence-corrected chi connectivity index (χ1v) is 12.8. The highest BCUT2D eigenvalue weighted by Gasteiger charge is 2.36. The fraction of sp³-hybridized carbons (Fsp3) is 0.500. The molecule has 8 nitrogen and oxygen atoms in total. The smallest absolute Gasteiger partial charge is 0.410 e. The lowest BCUT2D eigenvalue weighted by molar-refractivity contribution is 0.0276. The number of carbonyl (C=O) groups excluding carboxylic acids is 2. The summed E-state index contributed by atoms with van der Waals surface area (Å²) in [6.45, 7) is 6.01. The molecule has 2 aliphatic rings. The summed E-state index contributed by atoms with van der Waals surface area (Å²) < 4.78 is 10.4. The largest absolute Gasteiger partial charge is 0.441 e. The van der Waals surface area contributed by atoms with Crippen LogP contribution in [0.2, 0.25) is 0 Å². The summed E-state index contributed by atoms with van der Waals surface area (Å²) in [4.78, 5) is 26.7. The van der Waals surface area contributed by atoms with Crippen LogP contribution in [-0.4, -0.2) is 69.7 Å². The van der Waals surface area contributed by atoms with Crippen LogP contribution in [0.25, 0.3) is 0 Å². The number of benzene rings is 2. The molecule has 0 spiro atoms. The van der Waals surface area contributed by atoms with Crippen LogP contribution >= 0.6 is 0 Å². The number of hydrogen-bond donors (Lipinski definition) is 2. The molecule has 36 heavy (non-hydrogen) atoms. The van der Waals surface area contributed by atoms with Gasteiger partial charge in [-0.25, -0.2) is 9.59 Å². The predicted octanol–water partition coefficient (Wildman–Crippen LogP) is 4.34. The Labute approximate surface area is 213 Å². The molecule has 2 N–H and O–H groups in total. The number of amides is 2. The summed E-state index contributed by atoms with van der Waals surface area (Å²) in [5, 5.41) is 19.7. The number of rotatable bonds is 10. The summed E-state index contributed by atoms with van der Waals surface area (Å²) in [6.07, 6.45) is 0.538. The van der Waals surface area contributed by atoms with E-state index in [9.17, 15) is 19.8 Å². The van der Waals surface area contributed by atoms with E-state index in [4.69, 9.17) is 9.47 Å². The van der Waals surface area contributed by atoms with Crippen molar-refractivity contribution in [3.8, 4) is 0 Å². The van der Waals surface area contributed by atoms with Gasteiger partial charge in [-0.05, 0) is 24.0 Å². The van der Waals surface area contributed by atoms with Crippen LogP contribution in [0, 0.1) is 0 Å². The standard InChI is InChI=1S/2C14H19NO3/c2*1-2-6-12(16)13-10-15(14(17)18-13)9-11-7-4-3-5-8-11/h2*3-5,7-8,12-13,16H,2,6,9-10H2,1H3/t2*12-,13-/m10/s1. The van der Waals surface area contributed by atoms with Crippen molar-refractivity contribution in [2.45, 2.75) is 77.0 Å². The second-order valence-corrected chi connectivity index (χ2v) is 9.29. The Bertz CT molecular complexity index is 864. The Morgan fingerprint density at radius 2 is 1.08 bits per heavy atom. The predicted molar refractivity (Wildman–Crippen MR) is 136 cm³/mol. The Morgan fingerprint density at radius 1 is 0.722 bits per heavy atom. The summed E-state index contributed by atoms with van der Waals surface area (Å²) in [5.74, 6) is 0. The molecule has 2 amide bonds. The zero-order valence-corrected chi connectivity index (χ0v) is 21.2. The monoisotopic (exact) mass is 498 g/mol. The molecule has 0 saturated carbocycles. The molecule has 2 aliphatic heterocycles. The molecule has 8 heteroatoms. The van der Waals surface area contributed by atoms with Gasteiger partial charge in [0.2, 0.25) is 0 Å². The minimum atomic E-state index is -0.556. The molecule has 196 valence electrons. The first kappa shape index (κ1) is 27.5. The van der Waals surface area contributed by atoms with Crippen LogP contribution < -0.4 is 0 Å². The van der Waals surface area contributed by atoms with Crippen LogP contribution in [0.4, 0.5) is 9.59 Å². The van der Waals surface area contributed by atoms with Crippen LogP contribution in [0.3, 0.4) is 0 Å². The third-order valence-electron chi connectivity index (χ3n) is 6.28. The molecule has 0 aliphatic carbocycles. The minimum absolute atomic E-state index is 0.334. The van der Waals surface area contributed by atoms with Crippen LogP contribution in [0.15, 0.2) is 60.7 Å². The maximum atomic E-state index is 11.7. The van der Waals surface area contributed by atoms with E-state index in [0.717, 1.165) is 24.0 Å². The number of carbonyl (C=O) groups is 2. The number of ether oxygens (including phenoxy) is 2. The van der Waals surface area contributed by atoms with Crippen molar-refractivity contribution < 1.29 is 29.3 Å². The quantitative estimate of drug-likeness (QED) is 0.506. The third-order valence-corrected chi connectivity index (χ3v) is 6.28. The van der Waals surface area contributed by atoms with Crippen molar-refractivity contribution in [1.29, 1.82) is 0 Å². The highest BCUT2D eigenvalue weighted by Crippen LogP contribution is 2.20. The Hall–Kier alpha value is -3.10. The van der Waals surface area contributed by atoms with Gasteiger partial charge in [-0.3, -0.25) is 0 Å². The second-order valence-electron chi connectivity index (χ2n) is 9.29. The molecule has 0 radical (unpaired) electrons. The lowest BCUT2D eigenvalue weighted by Gasteiger charge is -2.15. The van der Waals surface area contributed by atoms with Gasteiger partial charge >= 0.3 is 12.2 Å². The van der Waals surface area contributed by atoms with Gasteiger partial charge in [0.05, 0.1) is 25.3 Å². The van der Waals surface area contributed by atoms with Crippen LogP contribution in [0.5, 0.6) is 0 Å². The van der Waals surface area contributed by atoms with Gasteiger partial charge in [-0.2, -0.15) is 0 Å². The molecule has 4 atom stereocenters. The Kier molecular flexibility index (Phi) is 10.6. The van der Waals surface area contributed by atoms with Gasteiger partial charge in [-0.1, -0.05) is 87.4 Å². The van der Waals surface area contributed by atoms with E-state index in [1.807, 2.05) is 74.5 Å². The molecular formula is C28H38N2O6. The van der Waals surface area contributed by atoms with Gasteiger partial charge in [0.1, 0.15) is 12.2 Å². The van der Waals surface area contributed by atoms with Crippen molar-refractivity contribution in [2.24, 2.45) is 0 Å². The van der Waals surface area contributed by atoms with Gasteiger partial charge in [0, 0.05) is 13.1 Å². The number of cyclic esters (lactones) is 2. The molecule has 2 saturated heterocycles. The molecule has 0 unspecified atom stereocenters. The maximum Gasteiger partial charge on any atom is 0.410 e. The maximum absolute atomic E-state index is 11.7. The Balaban J connectivity index is 0.000000201. The molecule has 2 aromatic rings. The van der Waals surface area contributed by atoms with E-state index in [-0.39, 0.29) is 24.4 Å². The van der Waals surface area contributed by atoms with E-state index in [2.05, 4.69) is 0 Å². The Morgan fingerprint density at radius 3 is 1.42 bits per heavy atom. The molecule has 4 rings (SSSR count). The summed E-state index contributed by atoms with van der Waals surface area (Å²) in [7, 11) is 0. The summed E-state index contributed by atoms with van der Waals surface area (Å²) >= 11 is 0. The minimum Gasteiger partial charge on any atom is -0.441 e. The lowest BCUT2D eigenvalue weighted by Crippen LogP contribution is -2.30. The van der Waals surface area contributed by atoms with Gasteiger partial charge < -0.3 is 29.5 Å². The van der Waals surface area contributed by atoms with Crippen molar-refractivity contribution in [2.75, 3.05) is 13.1 Å². The average molecular weight is 499 g/mol. The summed E-state index contributed by atoms with van der Waals surface area (Å²) in [5.41, 5.74) is 2.14. The van der Waals surface area contributed by atoms with Crippen molar-refractivity contribution in [3.05, 3.63) is 71.8 Å². The van der Waals surface area contributed by atoms with Gasteiger partial charge in [0.15, 0.2) is 0 Å². The number of hydrogen-bond acceptors (Lipinski definition) is 6. The average Bonchev–Trinajstić information content (AvgIpc) is 3.43. The van der Waals surface area contributed by atoms with Gasteiger partial charge in [0.25, 0.3) is 0 Å². The van der Waals surface area contributed by atoms with Crippen LogP contribution in [0.1, 0.15) is 50.7 Å². The van der Waals surface area contributed by atoms with E-state index in [1.165, 1.54) is 0 Å². The van der Waals surface area contributed by atoms with E-state index in [0.29, 0.717) is 39.0 Å². The van der Waals surface area contributed by atoms with Crippen LogP contribution in [-0.2, 0) is 22.6 Å². The van der Waals surface area contributed by atoms with E-state index in [1.54, 1.807) is 9.80 Å². The lowest BCUT2D eigenvalue weighted by atomic mass is 10.1. The zero-order valence-electron chi connectivity index (χ0n) is 21.2. The van der Waals surface area contributed by atoms with E-state index >= 15 is 0 Å². The summed E-state index contributed by atoms with van der Waals surface area (Å²) in [6, 6.07) is 19.6. The molecule has 0 aromatic heterocycles. The van der Waals surface area contributed by atoms with Crippen molar-refractivity contribution in [3.63, 3.8) is 0 Å². The normalized spacial score (nSPS) is 20.9. The molecule has 2 heterocycles. The highest BCUT2D eigenvalue weighted by atomic mass is 16.6. The zero-order chi connectivity index (χ0) is 25.9. The molecule has 2 fully saturated rings. The van der Waals surface area contributed by atoms with Crippen molar-refractivity contribution >= 4 is 12.2 Å². The van der Waals surface area contributed by atoms with Crippen molar-refractivity contribution in [1.82, 2.24) is 9.80 Å². The number of aliphatic hydroxyl groups excluding tert-OH is 2. The fourth-order valence-corrected chi connectivity index (χ4v) is 4.30. The third kappa shape index (κ3) is 7.96. The SMILES string of the molecule is CCC[C@@H](O)[C@H]1CN(Cc2ccccc2)C(=O)O1.CCC[C@H](O)[C@@H]1CN(Cc2ccccc2)C(=O)O1. The highest BCUT2D eigenvalue weighted by molar-refractivity contribution is 5.70. The topological polar surface area (TPSA) is 99.5 Å². The molecular weight excluding hydrogens is 460 g/mol. The molecule has 2 aromatic carbocycles. The second kappa shape index (κ2) is 13.8. The fourth-order valence-electron chi connectivity index (χ4n) is 4.30. The van der Waals surface area contributed by atoms with Gasteiger partial charge in [-0.15, -0.1) is 0 Å². The first-order valence-electron chi connectivity index (χ1n) is 12.8. The number of nitrogens with zero attached hydrogens (tertiary/aromatic N) is 2.